The maximum Gasteiger partial charge on any atom is 0.295 e. The van der Waals surface area contributed by atoms with E-state index in [-0.39, 0.29) is 16.3 Å². The van der Waals surface area contributed by atoms with E-state index in [9.17, 15) is 18.5 Å². The number of hydrazone groups is 1. The molecule has 206 valence electrons. The topological polar surface area (TPSA) is 141 Å². The fourth-order valence-corrected chi connectivity index (χ4v) is 5.13. The molecule has 0 amide bonds. The van der Waals surface area contributed by atoms with Crippen LogP contribution in [-0.2, 0) is 10.0 Å². The van der Waals surface area contributed by atoms with Gasteiger partial charge in [-0.15, -0.1) is 0 Å². The van der Waals surface area contributed by atoms with Gasteiger partial charge in [-0.25, -0.2) is 13.1 Å². The fraction of sp³-hybridized carbons (Fsp3) is 0.0345. The van der Waals surface area contributed by atoms with Crippen molar-refractivity contribution < 1.29 is 18.1 Å². The first-order valence-electron chi connectivity index (χ1n) is 12.3. The van der Waals surface area contributed by atoms with E-state index in [1.165, 1.54) is 31.5 Å². The van der Waals surface area contributed by atoms with Gasteiger partial charge in [0.15, 0.2) is 0 Å². The number of benzene rings is 4. The molecule has 1 aromatic heterocycles. The summed E-state index contributed by atoms with van der Waals surface area (Å²) in [6, 6.07) is 29.1. The third kappa shape index (κ3) is 6.07. The zero-order valence-corrected chi connectivity index (χ0v) is 22.5. The molecule has 5 rings (SSSR count). The monoisotopic (exact) mass is 568 g/mol. The molecule has 0 bridgehead atoms. The van der Waals surface area contributed by atoms with Crippen molar-refractivity contribution in [1.82, 2.24) is 9.78 Å². The van der Waals surface area contributed by atoms with E-state index in [0.29, 0.717) is 17.0 Å². The Labute approximate surface area is 235 Å². The molecule has 12 heteroatoms. The van der Waals surface area contributed by atoms with Crippen LogP contribution in [0, 0.1) is 10.1 Å². The van der Waals surface area contributed by atoms with Crippen LogP contribution in [0.25, 0.3) is 16.9 Å². The van der Waals surface area contributed by atoms with Gasteiger partial charge in [-0.3, -0.25) is 20.3 Å². The number of ether oxygens (including phenoxy) is 1. The molecule has 1 heterocycles. The van der Waals surface area contributed by atoms with Crippen LogP contribution in [-0.4, -0.2) is 36.4 Å². The number of nitro benzene ring substituents is 1. The normalized spacial score (nSPS) is 11.3. The number of nitrogens with zero attached hydrogens (tertiary/aromatic N) is 4. The Morgan fingerprint density at radius 1 is 0.927 bits per heavy atom. The molecule has 4 aromatic carbocycles. The van der Waals surface area contributed by atoms with Gasteiger partial charge >= 0.3 is 0 Å². The second-order valence-corrected chi connectivity index (χ2v) is 10.4. The number of nitrogens with one attached hydrogen (secondary N) is 2. The van der Waals surface area contributed by atoms with Crippen LogP contribution < -0.4 is 14.9 Å². The molecule has 0 saturated carbocycles. The Balaban J connectivity index is 1.43. The lowest BCUT2D eigenvalue weighted by Crippen LogP contribution is -2.14. The van der Waals surface area contributed by atoms with E-state index in [4.69, 9.17) is 9.84 Å². The highest BCUT2D eigenvalue weighted by Gasteiger charge is 2.22. The molecule has 0 aliphatic rings. The van der Waals surface area contributed by atoms with Gasteiger partial charge in [-0.2, -0.15) is 10.2 Å². The van der Waals surface area contributed by atoms with E-state index in [1.54, 1.807) is 29.1 Å². The van der Waals surface area contributed by atoms with Crippen molar-refractivity contribution >= 4 is 33.3 Å². The molecule has 0 unspecified atom stereocenters. The van der Waals surface area contributed by atoms with Gasteiger partial charge < -0.3 is 4.74 Å². The predicted molar refractivity (Wildman–Crippen MR) is 157 cm³/mol. The Kier molecular flexibility index (Phi) is 7.74. The molecular formula is C29H24N6O5S. The van der Waals surface area contributed by atoms with Crippen LogP contribution in [0.15, 0.2) is 119 Å². The molecule has 0 atom stereocenters. The third-order valence-electron chi connectivity index (χ3n) is 6.03. The van der Waals surface area contributed by atoms with Crippen molar-refractivity contribution in [2.45, 2.75) is 4.90 Å². The van der Waals surface area contributed by atoms with Gasteiger partial charge in [-0.1, -0.05) is 60.7 Å². The Bertz CT molecular complexity index is 1820. The summed E-state index contributed by atoms with van der Waals surface area (Å²) in [7, 11) is -2.74. The van der Waals surface area contributed by atoms with Gasteiger partial charge in [0.2, 0.25) is 0 Å². The van der Waals surface area contributed by atoms with E-state index in [2.05, 4.69) is 15.2 Å². The summed E-state index contributed by atoms with van der Waals surface area (Å²) in [5.41, 5.74) is 5.47. The van der Waals surface area contributed by atoms with Crippen LogP contribution in [0.5, 0.6) is 5.75 Å². The average Bonchev–Trinajstić information content (AvgIpc) is 3.42. The predicted octanol–water partition coefficient (Wildman–Crippen LogP) is 5.70. The Morgan fingerprint density at radius 3 is 2.32 bits per heavy atom. The van der Waals surface area contributed by atoms with E-state index in [1.807, 2.05) is 60.7 Å². The summed E-state index contributed by atoms with van der Waals surface area (Å²) in [5.74, 6) is 0.309. The standard InChI is InChI=1S/C29H24N6O5S/c1-40-28-15-9-8-14-26(28)33-41(38,39)24-16-17-25(27(18-24)35(36)37)31-30-19-22-20-34(23-12-6-3-7-13-23)32-29(22)21-10-4-2-5-11-21/h2-20,31,33H,1H3/b30-19+. The Morgan fingerprint density at radius 2 is 1.61 bits per heavy atom. The second-order valence-electron chi connectivity index (χ2n) is 8.69. The molecule has 0 spiro atoms. The minimum atomic E-state index is -4.15. The number of anilines is 2. The van der Waals surface area contributed by atoms with Crippen molar-refractivity contribution in [3.63, 3.8) is 0 Å². The summed E-state index contributed by atoms with van der Waals surface area (Å²) in [5, 5.41) is 20.8. The maximum absolute atomic E-state index is 13.0. The summed E-state index contributed by atoms with van der Waals surface area (Å²) in [6.07, 6.45) is 3.31. The van der Waals surface area contributed by atoms with Crippen LogP contribution >= 0.6 is 0 Å². The minimum absolute atomic E-state index is 0.0132. The summed E-state index contributed by atoms with van der Waals surface area (Å²) < 4.78 is 35.3. The average molecular weight is 569 g/mol. The van der Waals surface area contributed by atoms with Crippen LogP contribution in [0.3, 0.4) is 0 Å². The number of hydrogen-bond acceptors (Lipinski definition) is 8. The fourth-order valence-electron chi connectivity index (χ4n) is 4.04. The largest absolute Gasteiger partial charge is 0.495 e. The first kappa shape index (κ1) is 27.1. The number of aromatic nitrogens is 2. The maximum atomic E-state index is 13.0. The van der Waals surface area contributed by atoms with Gasteiger partial charge in [0.25, 0.3) is 15.7 Å². The summed E-state index contributed by atoms with van der Waals surface area (Å²) in [6.45, 7) is 0. The summed E-state index contributed by atoms with van der Waals surface area (Å²) in [4.78, 5) is 10.9. The zero-order chi connectivity index (χ0) is 28.8. The van der Waals surface area contributed by atoms with Gasteiger partial charge in [0, 0.05) is 23.4 Å². The van der Waals surface area contributed by atoms with Crippen LogP contribution in [0.4, 0.5) is 17.1 Å². The highest BCUT2D eigenvalue weighted by molar-refractivity contribution is 7.92. The number of para-hydroxylation sites is 3. The van der Waals surface area contributed by atoms with Gasteiger partial charge in [-0.05, 0) is 36.4 Å². The quantitative estimate of drug-likeness (QED) is 0.125. The molecular weight excluding hydrogens is 544 g/mol. The van der Waals surface area contributed by atoms with Gasteiger partial charge in [0.1, 0.15) is 17.1 Å². The minimum Gasteiger partial charge on any atom is -0.495 e. The van der Waals surface area contributed by atoms with Crippen molar-refractivity contribution in [2.24, 2.45) is 5.10 Å². The molecule has 2 N–H and O–H groups in total. The summed E-state index contributed by atoms with van der Waals surface area (Å²) >= 11 is 0. The lowest BCUT2D eigenvalue weighted by atomic mass is 10.1. The smallest absolute Gasteiger partial charge is 0.295 e. The van der Waals surface area contributed by atoms with Crippen molar-refractivity contribution in [3.05, 3.63) is 125 Å². The molecule has 0 fully saturated rings. The molecule has 0 aliphatic carbocycles. The Hall–Kier alpha value is -5.49. The number of nitro groups is 1. The van der Waals surface area contributed by atoms with E-state index in [0.717, 1.165) is 17.3 Å². The SMILES string of the molecule is COc1ccccc1NS(=O)(=O)c1ccc(N/N=C/c2cn(-c3ccccc3)nc2-c2ccccc2)c([N+](=O)[O-])c1. The first-order chi connectivity index (χ1) is 19.9. The van der Waals surface area contributed by atoms with Crippen molar-refractivity contribution in [3.8, 4) is 22.7 Å². The lowest BCUT2D eigenvalue weighted by Gasteiger charge is -2.12. The van der Waals surface area contributed by atoms with Gasteiger partial charge in [0.05, 0.1) is 34.5 Å². The van der Waals surface area contributed by atoms with Crippen molar-refractivity contribution in [1.29, 1.82) is 0 Å². The number of sulfonamides is 1. The zero-order valence-electron chi connectivity index (χ0n) is 21.7. The highest BCUT2D eigenvalue weighted by atomic mass is 32.2. The highest BCUT2D eigenvalue weighted by Crippen LogP contribution is 2.31. The number of hydrogen-bond donors (Lipinski definition) is 2. The first-order valence-corrected chi connectivity index (χ1v) is 13.8. The molecule has 41 heavy (non-hydrogen) atoms. The lowest BCUT2D eigenvalue weighted by molar-refractivity contribution is -0.384. The van der Waals surface area contributed by atoms with E-state index >= 15 is 0 Å². The van der Waals surface area contributed by atoms with E-state index < -0.39 is 20.6 Å². The molecule has 5 aromatic rings. The number of rotatable bonds is 10. The molecule has 0 aliphatic heterocycles. The van der Waals surface area contributed by atoms with Crippen LogP contribution in [0.1, 0.15) is 5.56 Å². The number of methoxy groups -OCH3 is 1. The molecule has 0 saturated heterocycles. The molecule has 0 radical (unpaired) electrons. The second kappa shape index (κ2) is 11.7. The third-order valence-corrected chi connectivity index (χ3v) is 7.39. The molecule has 11 nitrogen and oxygen atoms in total. The van der Waals surface area contributed by atoms with Crippen LogP contribution in [0.2, 0.25) is 0 Å². The van der Waals surface area contributed by atoms with Crippen molar-refractivity contribution in [2.75, 3.05) is 17.3 Å².